The lowest BCUT2D eigenvalue weighted by Crippen LogP contribution is -1.98. The first kappa shape index (κ1) is 73.2. The number of benzene rings is 8. The zero-order valence-corrected chi connectivity index (χ0v) is 48.4. The van der Waals surface area contributed by atoms with E-state index in [2.05, 4.69) is 178 Å². The molecule has 0 unspecified atom stereocenters. The lowest BCUT2D eigenvalue weighted by atomic mass is 10.1. The van der Waals surface area contributed by atoms with Crippen LogP contribution >= 0.6 is 0 Å². The molecule has 8 aromatic carbocycles. The van der Waals surface area contributed by atoms with Crippen molar-refractivity contribution >= 4 is 32.6 Å². The lowest BCUT2D eigenvalue weighted by Gasteiger charge is -1.98. The van der Waals surface area contributed by atoms with Crippen molar-refractivity contribution in [1.29, 1.82) is 0 Å². The summed E-state index contributed by atoms with van der Waals surface area (Å²) in [5.41, 5.74) is 5.05. The topological polar surface area (TPSA) is 49.4 Å². The SMILES string of the molecule is CC.CC.CC.CC.CC.CC.CC.Cn1ccc2ccccc21.Fc1cc(F)c(F)c(F)c1F.c1c[nH]cn1.c1ccc(-c2ccccc2)cc1.c1ccc2[nH]ccc2c1.c1ccc2ccccc2c1.c1ccccc1. The van der Waals surface area contributed by atoms with Crippen molar-refractivity contribution in [2.75, 3.05) is 0 Å². The molecule has 77 heavy (non-hydrogen) atoms. The Morgan fingerprint density at radius 3 is 1.05 bits per heavy atom. The Bertz CT molecular complexity index is 2720. The highest BCUT2D eigenvalue weighted by atomic mass is 19.2. The van der Waals surface area contributed by atoms with E-state index in [1.165, 1.54) is 43.7 Å². The largest absolute Gasteiger partial charge is 0.361 e. The maximum atomic E-state index is 12.0. The summed E-state index contributed by atoms with van der Waals surface area (Å²) in [5, 5.41) is 5.21. The summed E-state index contributed by atoms with van der Waals surface area (Å²) in [5.74, 6) is -9.65. The Balaban J connectivity index is -0.000000806. The number of fused-ring (bicyclic) bond motifs is 3. The Morgan fingerprint density at radius 1 is 0.351 bits per heavy atom. The summed E-state index contributed by atoms with van der Waals surface area (Å²) in [6.45, 7) is 28.0. The third kappa shape index (κ3) is 30.8. The molecule has 4 nitrogen and oxygen atoms in total. The van der Waals surface area contributed by atoms with Gasteiger partial charge in [0.25, 0.3) is 0 Å². The number of rotatable bonds is 1. The molecule has 0 aliphatic rings. The number of aryl methyl sites for hydroxylation is 1. The Kier molecular flexibility index (Phi) is 48.9. The van der Waals surface area contributed by atoms with E-state index < -0.39 is 29.1 Å². The van der Waals surface area contributed by atoms with Crippen LogP contribution in [0.3, 0.4) is 0 Å². The zero-order chi connectivity index (χ0) is 58.5. The predicted octanol–water partition coefficient (Wildman–Crippen LogP) is 22.2. The van der Waals surface area contributed by atoms with E-state index in [0.717, 1.165) is 0 Å². The van der Waals surface area contributed by atoms with Gasteiger partial charge in [-0.3, -0.25) is 0 Å². The van der Waals surface area contributed by atoms with E-state index >= 15 is 0 Å². The fraction of sp³-hybridized carbons (Fsp3) is 0.221. The van der Waals surface area contributed by atoms with Crippen LogP contribution in [0.15, 0.2) is 243 Å². The van der Waals surface area contributed by atoms with Crippen LogP contribution in [0.2, 0.25) is 0 Å². The smallest absolute Gasteiger partial charge is 0.200 e. The third-order valence-corrected chi connectivity index (χ3v) is 8.93. The summed E-state index contributed by atoms with van der Waals surface area (Å²) in [4.78, 5) is 9.54. The molecule has 0 bridgehead atoms. The molecule has 0 amide bonds. The molecular formula is C68H87F5N4. The number of H-pyrrole nitrogens is 2. The molecule has 3 heterocycles. The van der Waals surface area contributed by atoms with Crippen LogP contribution < -0.4 is 0 Å². The van der Waals surface area contributed by atoms with Crippen LogP contribution in [0.25, 0.3) is 43.7 Å². The van der Waals surface area contributed by atoms with Crippen molar-refractivity contribution in [2.45, 2.75) is 96.9 Å². The van der Waals surface area contributed by atoms with Crippen LogP contribution in [-0.4, -0.2) is 19.5 Å². The lowest BCUT2D eigenvalue weighted by molar-refractivity contribution is 0.378. The Hall–Kier alpha value is -8.04. The zero-order valence-electron chi connectivity index (χ0n) is 48.4. The van der Waals surface area contributed by atoms with Gasteiger partial charge in [0.15, 0.2) is 23.3 Å². The fourth-order valence-electron chi connectivity index (χ4n) is 5.76. The molecule has 2 N–H and O–H groups in total. The molecule has 414 valence electrons. The molecule has 11 aromatic rings. The Labute approximate surface area is 459 Å². The van der Waals surface area contributed by atoms with Gasteiger partial charge in [-0.25, -0.2) is 26.9 Å². The van der Waals surface area contributed by atoms with Crippen molar-refractivity contribution in [3.05, 3.63) is 273 Å². The summed E-state index contributed by atoms with van der Waals surface area (Å²) in [6, 6.07) is 70.2. The van der Waals surface area contributed by atoms with Crippen molar-refractivity contribution in [1.82, 2.24) is 19.5 Å². The van der Waals surface area contributed by atoms with Gasteiger partial charge >= 0.3 is 0 Å². The highest BCUT2D eigenvalue weighted by Gasteiger charge is 2.18. The number of para-hydroxylation sites is 2. The number of aromatic nitrogens is 4. The van der Waals surface area contributed by atoms with E-state index in [4.69, 9.17) is 0 Å². The number of nitrogens with zero attached hydrogens (tertiary/aromatic N) is 2. The van der Waals surface area contributed by atoms with Gasteiger partial charge < -0.3 is 14.5 Å². The Morgan fingerprint density at radius 2 is 0.701 bits per heavy atom. The summed E-state index contributed by atoms with van der Waals surface area (Å²) < 4.78 is 62.2. The van der Waals surface area contributed by atoms with Crippen molar-refractivity contribution in [2.24, 2.45) is 7.05 Å². The maximum absolute atomic E-state index is 12.0. The van der Waals surface area contributed by atoms with Gasteiger partial charge in [0.05, 0.1) is 6.33 Å². The third-order valence-electron chi connectivity index (χ3n) is 8.93. The van der Waals surface area contributed by atoms with Gasteiger partial charge in [-0.15, -0.1) is 0 Å². The van der Waals surface area contributed by atoms with E-state index in [1.807, 2.05) is 164 Å². The number of imidazole rings is 1. The minimum absolute atomic E-state index is 0.0618. The predicted molar refractivity (Wildman–Crippen MR) is 328 cm³/mol. The van der Waals surface area contributed by atoms with Gasteiger partial charge in [-0.2, -0.15) is 0 Å². The number of nitrogens with one attached hydrogen (secondary N) is 2. The quantitative estimate of drug-likeness (QED) is 0.0961. The van der Waals surface area contributed by atoms with E-state index in [9.17, 15) is 22.0 Å². The highest BCUT2D eigenvalue weighted by molar-refractivity contribution is 5.82. The highest BCUT2D eigenvalue weighted by Crippen LogP contribution is 2.18. The molecule has 3 aromatic heterocycles. The monoisotopic (exact) mass is 1050 g/mol. The number of halogens is 5. The average molecular weight is 1060 g/mol. The van der Waals surface area contributed by atoms with Gasteiger partial charge in [0.1, 0.15) is 0 Å². The molecule has 0 spiro atoms. The molecule has 0 atom stereocenters. The number of hydrogen-bond acceptors (Lipinski definition) is 1. The standard InChI is InChI=1S/C12H10.C10H8.C9H9N.C8H7N.C6HF5.C6H6.C3H4N2.7C2H6/c1-3-7-11(8-4-1)12-9-5-2-6-10-12;1-2-6-10-8-4-3-7-9(10)5-1;1-10-7-6-8-4-2-3-5-9(8)10;1-2-4-8-7(3-1)5-6-9-8;7-2-1-3(8)5(10)6(11)4(2)9;1-2-4-6-5-3-1;1-2-5-3-4-1;7*1-2/h1-10H;1-8H;2-7H,1H3;1-6,9H;1H;1-6H;1-3H,(H,4,5);7*1-2H3. The molecule has 11 rings (SSSR count). The van der Waals surface area contributed by atoms with E-state index in [-0.39, 0.29) is 6.07 Å². The van der Waals surface area contributed by atoms with E-state index in [0.29, 0.717) is 0 Å². The molecule has 9 heteroatoms. The first-order valence-corrected chi connectivity index (χ1v) is 26.8. The second kappa shape index (κ2) is 51.4. The van der Waals surface area contributed by atoms with Gasteiger partial charge in [0, 0.05) is 48.9 Å². The molecule has 0 saturated heterocycles. The van der Waals surface area contributed by atoms with Crippen LogP contribution in [0.4, 0.5) is 22.0 Å². The molecular weight excluding hydrogens is 968 g/mol. The molecule has 0 radical (unpaired) electrons. The van der Waals surface area contributed by atoms with Crippen LogP contribution in [0, 0.1) is 29.1 Å². The summed E-state index contributed by atoms with van der Waals surface area (Å²) >= 11 is 0. The minimum atomic E-state index is -2.14. The summed E-state index contributed by atoms with van der Waals surface area (Å²) in [6.07, 6.45) is 9.11. The van der Waals surface area contributed by atoms with Gasteiger partial charge in [-0.05, 0) is 56.9 Å². The van der Waals surface area contributed by atoms with Crippen molar-refractivity contribution in [3.63, 3.8) is 0 Å². The number of aromatic amines is 2. The molecule has 0 fully saturated rings. The van der Waals surface area contributed by atoms with Gasteiger partial charge in [0.2, 0.25) is 5.82 Å². The maximum Gasteiger partial charge on any atom is 0.200 e. The normalized spacial score (nSPS) is 8.52. The minimum Gasteiger partial charge on any atom is -0.361 e. The van der Waals surface area contributed by atoms with Crippen molar-refractivity contribution < 1.29 is 22.0 Å². The average Bonchev–Trinajstić information content (AvgIpc) is 4.37. The van der Waals surface area contributed by atoms with Crippen LogP contribution in [0.5, 0.6) is 0 Å². The second-order valence-electron chi connectivity index (χ2n) is 13.3. The van der Waals surface area contributed by atoms with E-state index in [1.54, 1.807) is 18.7 Å². The van der Waals surface area contributed by atoms with Gasteiger partial charge in [-0.1, -0.05) is 279 Å². The van der Waals surface area contributed by atoms with Crippen LogP contribution in [0.1, 0.15) is 96.9 Å². The fourth-order valence-corrected chi connectivity index (χ4v) is 5.76. The summed E-state index contributed by atoms with van der Waals surface area (Å²) in [7, 11) is 2.06. The molecule has 0 aliphatic heterocycles. The first-order valence-electron chi connectivity index (χ1n) is 26.8. The second-order valence-corrected chi connectivity index (χ2v) is 13.3. The van der Waals surface area contributed by atoms with Crippen molar-refractivity contribution in [3.8, 4) is 11.1 Å². The first-order chi connectivity index (χ1) is 37.8. The molecule has 0 saturated carbocycles. The van der Waals surface area contributed by atoms with Crippen LogP contribution in [-0.2, 0) is 7.05 Å². The number of hydrogen-bond donors (Lipinski definition) is 2. The molecule has 0 aliphatic carbocycles.